The van der Waals surface area contributed by atoms with E-state index in [1.807, 2.05) is 60.8 Å². The summed E-state index contributed by atoms with van der Waals surface area (Å²) < 4.78 is 0. The van der Waals surface area contributed by atoms with E-state index < -0.39 is 4.92 Å². The van der Waals surface area contributed by atoms with Gasteiger partial charge in [-0.2, -0.15) is 0 Å². The zero-order valence-electron chi connectivity index (χ0n) is 15.8. The van der Waals surface area contributed by atoms with Gasteiger partial charge in [0.1, 0.15) is 0 Å². The summed E-state index contributed by atoms with van der Waals surface area (Å²) in [6.45, 7) is 0. The van der Waals surface area contributed by atoms with Crippen molar-refractivity contribution in [3.8, 4) is 0 Å². The summed E-state index contributed by atoms with van der Waals surface area (Å²) in [7, 11) is 1.75. The number of non-ortho nitro benzene ring substituents is 1. The number of para-hydroxylation sites is 1. The Bertz CT molecular complexity index is 1170. The first-order valence-corrected chi connectivity index (χ1v) is 9.19. The molecule has 0 spiro atoms. The summed E-state index contributed by atoms with van der Waals surface area (Å²) >= 11 is 0. The van der Waals surface area contributed by atoms with Crippen LogP contribution in [-0.2, 0) is 0 Å². The lowest BCUT2D eigenvalue weighted by molar-refractivity contribution is -0.384. The monoisotopic (exact) mass is 385 g/mol. The summed E-state index contributed by atoms with van der Waals surface area (Å²) in [5.41, 5.74) is 3.33. The summed E-state index contributed by atoms with van der Waals surface area (Å²) in [6, 6.07) is 23.2. The Morgan fingerprint density at radius 2 is 1.62 bits per heavy atom. The maximum Gasteiger partial charge on any atom is 0.269 e. The summed E-state index contributed by atoms with van der Waals surface area (Å²) in [5, 5.41) is 11.9. The molecular weight excluding hydrogens is 366 g/mol. The van der Waals surface area contributed by atoms with Crippen LogP contribution in [0.2, 0.25) is 0 Å². The molecule has 0 radical (unpaired) electrons. The molecule has 3 aromatic carbocycles. The number of aromatic nitrogens is 1. The SMILES string of the molecule is CN(C(=O)c1ccc([N+](=O)[O-])cc1)[C@H](c1ccccc1)c1c[nH]c2ccccc12. The molecular formula is C23H19N3O3. The van der Waals surface area contributed by atoms with Crippen molar-refractivity contribution in [1.29, 1.82) is 0 Å². The van der Waals surface area contributed by atoms with Crippen LogP contribution < -0.4 is 0 Å². The fourth-order valence-electron chi connectivity index (χ4n) is 3.61. The third kappa shape index (κ3) is 3.48. The van der Waals surface area contributed by atoms with Crippen LogP contribution in [0.25, 0.3) is 10.9 Å². The Morgan fingerprint density at radius 3 is 2.31 bits per heavy atom. The van der Waals surface area contributed by atoms with Crippen molar-refractivity contribution in [3.05, 3.63) is 112 Å². The van der Waals surface area contributed by atoms with Crippen molar-refractivity contribution in [2.45, 2.75) is 6.04 Å². The second kappa shape index (κ2) is 7.59. The average molecular weight is 385 g/mol. The Hall–Kier alpha value is -3.93. The van der Waals surface area contributed by atoms with E-state index in [1.165, 1.54) is 24.3 Å². The quantitative estimate of drug-likeness (QED) is 0.390. The Morgan fingerprint density at radius 1 is 0.966 bits per heavy atom. The molecule has 4 rings (SSSR count). The maximum absolute atomic E-state index is 13.2. The van der Waals surface area contributed by atoms with E-state index in [9.17, 15) is 14.9 Å². The number of carbonyl (C=O) groups is 1. The Kier molecular flexibility index (Phi) is 4.83. The fraction of sp³-hybridized carbons (Fsp3) is 0.0870. The molecule has 144 valence electrons. The van der Waals surface area contributed by atoms with Crippen LogP contribution in [0.3, 0.4) is 0 Å². The summed E-state index contributed by atoms with van der Waals surface area (Å²) in [5.74, 6) is -0.209. The number of hydrogen-bond donors (Lipinski definition) is 1. The van der Waals surface area contributed by atoms with E-state index in [1.54, 1.807) is 11.9 Å². The van der Waals surface area contributed by atoms with E-state index in [0.29, 0.717) is 5.56 Å². The van der Waals surface area contributed by atoms with E-state index in [-0.39, 0.29) is 17.6 Å². The number of rotatable bonds is 5. The molecule has 0 saturated heterocycles. The van der Waals surface area contributed by atoms with Crippen LogP contribution in [0.15, 0.2) is 85.1 Å². The van der Waals surface area contributed by atoms with Crippen molar-refractivity contribution < 1.29 is 9.72 Å². The lowest BCUT2D eigenvalue weighted by Crippen LogP contribution is -2.32. The van der Waals surface area contributed by atoms with Gasteiger partial charge in [0.15, 0.2) is 0 Å². The molecule has 0 fully saturated rings. The van der Waals surface area contributed by atoms with Gasteiger partial charge in [0, 0.05) is 47.4 Å². The van der Waals surface area contributed by atoms with Crippen LogP contribution in [0.1, 0.15) is 27.5 Å². The van der Waals surface area contributed by atoms with Gasteiger partial charge in [-0.05, 0) is 23.8 Å². The topological polar surface area (TPSA) is 79.2 Å². The zero-order chi connectivity index (χ0) is 20.4. The number of aromatic amines is 1. The van der Waals surface area contributed by atoms with E-state index in [0.717, 1.165) is 22.0 Å². The van der Waals surface area contributed by atoms with Crippen molar-refractivity contribution >= 4 is 22.5 Å². The highest BCUT2D eigenvalue weighted by molar-refractivity contribution is 5.95. The van der Waals surface area contributed by atoms with Gasteiger partial charge in [0.05, 0.1) is 11.0 Å². The number of benzene rings is 3. The number of nitro benzene ring substituents is 1. The van der Waals surface area contributed by atoms with Gasteiger partial charge in [-0.25, -0.2) is 0 Å². The van der Waals surface area contributed by atoms with Gasteiger partial charge in [0.2, 0.25) is 0 Å². The molecule has 1 N–H and O–H groups in total. The highest BCUT2D eigenvalue weighted by atomic mass is 16.6. The van der Waals surface area contributed by atoms with Crippen molar-refractivity contribution in [1.82, 2.24) is 9.88 Å². The van der Waals surface area contributed by atoms with Crippen LogP contribution in [0, 0.1) is 10.1 Å². The number of fused-ring (bicyclic) bond motifs is 1. The molecule has 6 nitrogen and oxygen atoms in total. The molecule has 0 saturated carbocycles. The first kappa shape index (κ1) is 18.4. The second-order valence-electron chi connectivity index (χ2n) is 6.82. The number of nitrogens with zero attached hydrogens (tertiary/aromatic N) is 2. The fourth-order valence-corrected chi connectivity index (χ4v) is 3.61. The van der Waals surface area contributed by atoms with Gasteiger partial charge in [-0.3, -0.25) is 14.9 Å². The third-order valence-corrected chi connectivity index (χ3v) is 5.06. The first-order chi connectivity index (χ1) is 14.1. The average Bonchev–Trinajstić information content (AvgIpc) is 3.18. The minimum absolute atomic E-state index is 0.0413. The number of amides is 1. The molecule has 0 unspecified atom stereocenters. The number of nitrogens with one attached hydrogen (secondary N) is 1. The second-order valence-corrected chi connectivity index (χ2v) is 6.82. The Labute approximate surface area is 167 Å². The molecule has 0 aliphatic heterocycles. The van der Waals surface area contributed by atoms with Gasteiger partial charge in [-0.15, -0.1) is 0 Å². The zero-order valence-corrected chi connectivity index (χ0v) is 15.8. The molecule has 29 heavy (non-hydrogen) atoms. The minimum Gasteiger partial charge on any atom is -0.361 e. The third-order valence-electron chi connectivity index (χ3n) is 5.06. The number of H-pyrrole nitrogens is 1. The normalized spacial score (nSPS) is 11.9. The van der Waals surface area contributed by atoms with E-state index >= 15 is 0 Å². The van der Waals surface area contributed by atoms with Crippen LogP contribution in [0.5, 0.6) is 0 Å². The predicted molar refractivity (Wildman–Crippen MR) is 112 cm³/mol. The molecule has 4 aromatic rings. The van der Waals surface area contributed by atoms with Crippen molar-refractivity contribution in [3.63, 3.8) is 0 Å². The molecule has 1 amide bonds. The lowest BCUT2D eigenvalue weighted by atomic mass is 9.96. The smallest absolute Gasteiger partial charge is 0.269 e. The van der Waals surface area contributed by atoms with Gasteiger partial charge in [-0.1, -0.05) is 48.5 Å². The molecule has 0 aliphatic carbocycles. The molecule has 1 atom stereocenters. The summed E-state index contributed by atoms with van der Waals surface area (Å²) in [4.78, 5) is 28.6. The molecule has 6 heteroatoms. The van der Waals surface area contributed by atoms with Crippen molar-refractivity contribution in [2.75, 3.05) is 7.05 Å². The molecule has 1 aromatic heterocycles. The lowest BCUT2D eigenvalue weighted by Gasteiger charge is -2.29. The molecule has 0 bridgehead atoms. The van der Waals surface area contributed by atoms with Gasteiger partial charge in [0.25, 0.3) is 11.6 Å². The highest BCUT2D eigenvalue weighted by Crippen LogP contribution is 2.33. The standard InChI is InChI=1S/C23H19N3O3/c1-25(23(27)17-11-13-18(14-12-17)26(28)29)22(16-7-3-2-4-8-16)20-15-24-21-10-6-5-9-19(20)21/h2-15,22,24H,1H3/t22-/m1/s1. The van der Waals surface area contributed by atoms with Crippen LogP contribution in [0.4, 0.5) is 5.69 Å². The van der Waals surface area contributed by atoms with Gasteiger partial charge >= 0.3 is 0 Å². The predicted octanol–water partition coefficient (Wildman–Crippen LogP) is 4.94. The minimum atomic E-state index is -0.476. The number of carbonyl (C=O) groups excluding carboxylic acids is 1. The van der Waals surface area contributed by atoms with E-state index in [4.69, 9.17) is 0 Å². The molecule has 0 aliphatic rings. The van der Waals surface area contributed by atoms with E-state index in [2.05, 4.69) is 4.98 Å². The maximum atomic E-state index is 13.2. The Balaban J connectivity index is 1.77. The van der Waals surface area contributed by atoms with Crippen molar-refractivity contribution in [2.24, 2.45) is 0 Å². The highest BCUT2D eigenvalue weighted by Gasteiger charge is 2.26. The number of nitro groups is 1. The molecule has 1 heterocycles. The van der Waals surface area contributed by atoms with Gasteiger partial charge < -0.3 is 9.88 Å². The largest absolute Gasteiger partial charge is 0.361 e. The van der Waals surface area contributed by atoms with Crippen LogP contribution in [-0.4, -0.2) is 27.8 Å². The summed E-state index contributed by atoms with van der Waals surface area (Å²) in [6.07, 6.45) is 1.93. The first-order valence-electron chi connectivity index (χ1n) is 9.19. The number of hydrogen-bond acceptors (Lipinski definition) is 3. The van der Waals surface area contributed by atoms with Crippen LogP contribution >= 0.6 is 0 Å².